The Morgan fingerprint density at radius 3 is 2.53 bits per heavy atom. The van der Waals surface area contributed by atoms with Gasteiger partial charge < -0.3 is 14.9 Å². The molecule has 0 amide bonds. The Hall–Kier alpha value is -3.86. The molecule has 0 fully saturated rings. The monoisotopic (exact) mass is 517 g/mol. The van der Waals surface area contributed by atoms with Gasteiger partial charge in [-0.1, -0.05) is 12.1 Å². The number of fused-ring (bicyclic) bond motifs is 1. The van der Waals surface area contributed by atoms with Crippen LogP contribution in [0.3, 0.4) is 0 Å². The molecule has 7 nitrogen and oxygen atoms in total. The van der Waals surface area contributed by atoms with Gasteiger partial charge in [0, 0.05) is 57.6 Å². The van der Waals surface area contributed by atoms with Crippen LogP contribution in [0, 0.1) is 11.3 Å². The number of nitriles is 1. The normalized spacial score (nSPS) is 12.3. The minimum atomic E-state index is -0.756. The number of aryl methyl sites for hydroxylation is 3. The number of nitrogens with zero attached hydrogens (tertiary/aromatic N) is 5. The van der Waals surface area contributed by atoms with Crippen molar-refractivity contribution in [3.8, 4) is 6.07 Å². The molecule has 8 heteroatoms. The fraction of sp³-hybridized carbons (Fsp3) is 0.433. The highest BCUT2D eigenvalue weighted by molar-refractivity contribution is 5.66. The molecule has 4 rings (SSSR count). The quantitative estimate of drug-likeness (QED) is 0.300. The van der Waals surface area contributed by atoms with Crippen molar-refractivity contribution >= 4 is 17.5 Å². The van der Waals surface area contributed by atoms with Gasteiger partial charge in [-0.15, -0.1) is 0 Å². The summed E-state index contributed by atoms with van der Waals surface area (Å²) in [6, 6.07) is 14.0. The van der Waals surface area contributed by atoms with E-state index in [1.807, 2.05) is 31.4 Å². The van der Waals surface area contributed by atoms with E-state index >= 15 is 0 Å². The lowest BCUT2D eigenvalue weighted by Crippen LogP contribution is -2.28. The largest absolute Gasteiger partial charge is 0.481 e. The van der Waals surface area contributed by atoms with E-state index in [9.17, 15) is 14.4 Å². The van der Waals surface area contributed by atoms with Gasteiger partial charge in [0.2, 0.25) is 0 Å². The predicted molar refractivity (Wildman–Crippen MR) is 147 cm³/mol. The minimum absolute atomic E-state index is 0.185. The van der Waals surface area contributed by atoms with Crippen molar-refractivity contribution in [3.63, 3.8) is 0 Å². The topological polar surface area (TPSA) is 85.4 Å². The third-order valence-electron chi connectivity index (χ3n) is 7.18. The Kier molecular flexibility index (Phi) is 9.01. The highest BCUT2D eigenvalue weighted by Crippen LogP contribution is 2.33. The molecule has 0 bridgehead atoms. The summed E-state index contributed by atoms with van der Waals surface area (Å²) < 4.78 is 15.3. The Bertz CT molecular complexity index is 1310. The number of carboxylic acid groups (broad SMARTS) is 1. The number of hydrogen-bond acceptors (Lipinski definition) is 5. The first-order valence-corrected chi connectivity index (χ1v) is 13.3. The van der Waals surface area contributed by atoms with E-state index in [-0.39, 0.29) is 6.42 Å². The van der Waals surface area contributed by atoms with E-state index in [0.29, 0.717) is 30.6 Å². The van der Waals surface area contributed by atoms with E-state index < -0.39 is 12.6 Å². The smallest absolute Gasteiger partial charge is 0.303 e. The first-order chi connectivity index (χ1) is 18.4. The van der Waals surface area contributed by atoms with Crippen LogP contribution in [0.2, 0.25) is 0 Å². The molecule has 1 N–H and O–H groups in total. The fourth-order valence-electron chi connectivity index (χ4n) is 5.32. The summed E-state index contributed by atoms with van der Waals surface area (Å²) in [4.78, 5) is 15.5. The summed E-state index contributed by atoms with van der Waals surface area (Å²) in [6.07, 6.45) is 6.86. The Morgan fingerprint density at radius 1 is 1.11 bits per heavy atom. The number of rotatable bonds is 13. The predicted octanol–water partition coefficient (Wildman–Crippen LogP) is 5.54. The number of halogens is 1. The Labute approximate surface area is 224 Å². The van der Waals surface area contributed by atoms with Gasteiger partial charge in [-0.25, -0.2) is 4.39 Å². The molecule has 1 heterocycles. The number of aliphatic carboxylic acids is 1. The zero-order valence-corrected chi connectivity index (χ0v) is 22.3. The van der Waals surface area contributed by atoms with Crippen molar-refractivity contribution in [2.45, 2.75) is 65.2 Å². The Balaban J connectivity index is 1.67. The molecule has 1 aromatic heterocycles. The molecule has 0 radical (unpaired) electrons. The maximum absolute atomic E-state index is 13.5. The van der Waals surface area contributed by atoms with Crippen molar-refractivity contribution in [2.24, 2.45) is 7.05 Å². The average molecular weight is 518 g/mol. The van der Waals surface area contributed by atoms with Crippen LogP contribution >= 0.6 is 0 Å². The molecular formula is C30H36FN5O2. The summed E-state index contributed by atoms with van der Waals surface area (Å²) in [6.45, 7) is 4.23. The zero-order chi connectivity index (χ0) is 27.1. The Morgan fingerprint density at radius 2 is 1.87 bits per heavy atom. The first-order valence-electron chi connectivity index (χ1n) is 13.3. The molecule has 0 atom stereocenters. The molecule has 1 aliphatic rings. The highest BCUT2D eigenvalue weighted by atomic mass is 19.1. The van der Waals surface area contributed by atoms with Crippen LogP contribution in [-0.2, 0) is 44.4 Å². The minimum Gasteiger partial charge on any atom is -0.481 e. The van der Waals surface area contributed by atoms with Gasteiger partial charge in [0.15, 0.2) is 5.82 Å². The van der Waals surface area contributed by atoms with Crippen molar-refractivity contribution < 1.29 is 14.3 Å². The number of anilines is 2. The first kappa shape index (κ1) is 27.2. The fourth-order valence-corrected chi connectivity index (χ4v) is 5.32. The zero-order valence-electron chi connectivity index (χ0n) is 22.3. The second-order valence-electron chi connectivity index (χ2n) is 10.0. The van der Waals surface area contributed by atoms with Crippen LogP contribution in [0.15, 0.2) is 42.6 Å². The van der Waals surface area contributed by atoms with Gasteiger partial charge in [-0.3, -0.25) is 9.48 Å². The molecule has 3 aromatic rings. The van der Waals surface area contributed by atoms with Crippen molar-refractivity contribution in [1.82, 2.24) is 9.78 Å². The lowest BCUT2D eigenvalue weighted by molar-refractivity contribution is -0.137. The maximum atomic E-state index is 13.5. The second kappa shape index (κ2) is 12.6. The molecule has 38 heavy (non-hydrogen) atoms. The summed E-state index contributed by atoms with van der Waals surface area (Å²) in [5.41, 5.74) is 6.97. The molecule has 0 aliphatic heterocycles. The molecule has 0 spiro atoms. The summed E-state index contributed by atoms with van der Waals surface area (Å²) >= 11 is 0. The number of hydrogen-bond donors (Lipinski definition) is 1. The van der Waals surface area contributed by atoms with Crippen molar-refractivity contribution in [3.05, 3.63) is 76.0 Å². The van der Waals surface area contributed by atoms with Crippen LogP contribution in [0.25, 0.3) is 0 Å². The van der Waals surface area contributed by atoms with Crippen LogP contribution in [0.4, 0.5) is 15.9 Å². The molecule has 0 saturated heterocycles. The third-order valence-corrected chi connectivity index (χ3v) is 7.18. The van der Waals surface area contributed by atoms with E-state index in [4.69, 9.17) is 5.11 Å². The van der Waals surface area contributed by atoms with Crippen LogP contribution in [0.5, 0.6) is 0 Å². The SMILES string of the molecule is CCN(CCCCC(=O)O)c1cc2c(cc1CN(Cc1cc(C#N)cc(CF)c1)c1ccn(C)n1)CCC2. The molecule has 0 saturated carbocycles. The van der Waals surface area contributed by atoms with Crippen molar-refractivity contribution in [1.29, 1.82) is 5.26 Å². The molecule has 1 aliphatic carbocycles. The average Bonchev–Trinajstić information content (AvgIpc) is 3.56. The van der Waals surface area contributed by atoms with E-state index in [2.05, 4.69) is 40.0 Å². The summed E-state index contributed by atoms with van der Waals surface area (Å²) in [5, 5.41) is 23.2. The number of carbonyl (C=O) groups is 1. The van der Waals surface area contributed by atoms with Gasteiger partial charge in [0.05, 0.1) is 11.6 Å². The van der Waals surface area contributed by atoms with Crippen molar-refractivity contribution in [2.75, 3.05) is 22.9 Å². The number of benzene rings is 2. The number of aromatic nitrogens is 2. The third kappa shape index (κ3) is 6.71. The second-order valence-corrected chi connectivity index (χ2v) is 10.0. The summed E-state index contributed by atoms with van der Waals surface area (Å²) in [7, 11) is 1.88. The molecule has 0 unspecified atom stereocenters. The number of alkyl halides is 1. The lowest BCUT2D eigenvalue weighted by Gasteiger charge is -2.30. The van der Waals surface area contributed by atoms with E-state index in [0.717, 1.165) is 50.2 Å². The number of carboxylic acids is 1. The highest BCUT2D eigenvalue weighted by Gasteiger charge is 2.21. The summed E-state index contributed by atoms with van der Waals surface area (Å²) in [5.74, 6) is 0.0567. The van der Waals surface area contributed by atoms with Gasteiger partial charge >= 0.3 is 5.97 Å². The van der Waals surface area contributed by atoms with E-state index in [1.54, 1.807) is 10.7 Å². The molecule has 2 aromatic carbocycles. The van der Waals surface area contributed by atoms with Crippen LogP contribution in [-0.4, -0.2) is 33.9 Å². The van der Waals surface area contributed by atoms with Crippen LogP contribution in [0.1, 0.15) is 66.0 Å². The van der Waals surface area contributed by atoms with Gasteiger partial charge in [0.25, 0.3) is 0 Å². The molecular weight excluding hydrogens is 481 g/mol. The van der Waals surface area contributed by atoms with E-state index in [1.165, 1.54) is 22.4 Å². The number of unbranched alkanes of at least 4 members (excludes halogenated alkanes) is 1. The molecule has 200 valence electrons. The van der Waals surface area contributed by atoms with Gasteiger partial charge in [-0.2, -0.15) is 10.4 Å². The maximum Gasteiger partial charge on any atom is 0.303 e. The van der Waals surface area contributed by atoms with Crippen LogP contribution < -0.4 is 9.80 Å². The van der Waals surface area contributed by atoms with Gasteiger partial charge in [-0.05, 0) is 85.0 Å². The lowest BCUT2D eigenvalue weighted by atomic mass is 10.0. The van der Waals surface area contributed by atoms with Gasteiger partial charge in [0.1, 0.15) is 6.67 Å². The standard InChI is InChI=1S/C30H36FN5O2/c1-3-35(11-5-4-9-30(37)38)28-17-26-8-6-7-25(26)16-27(28)21-36(29-10-12-34(2)33-29)20-24-14-22(18-31)13-23(15-24)19-32/h10,12-17H,3-9,11,18,20-21H2,1-2H3,(H,37,38).